The molecule has 3 nitrogen and oxygen atoms in total. The summed E-state index contributed by atoms with van der Waals surface area (Å²) in [5.41, 5.74) is 0.724. The van der Waals surface area contributed by atoms with Crippen LogP contribution in [0.2, 0.25) is 0 Å². The molecule has 0 amide bonds. The molecule has 4 heteroatoms. The first-order valence-electron chi connectivity index (χ1n) is 4.28. The molecule has 0 aromatic carbocycles. The predicted octanol–water partition coefficient (Wildman–Crippen LogP) is 1.02. The Balaban J connectivity index is 2.13. The van der Waals surface area contributed by atoms with Gasteiger partial charge in [0.2, 0.25) is 5.95 Å². The maximum absolute atomic E-state index is 13.0. The van der Waals surface area contributed by atoms with Crippen LogP contribution in [0.3, 0.4) is 0 Å². The highest BCUT2D eigenvalue weighted by atomic mass is 19.1. The van der Waals surface area contributed by atoms with Gasteiger partial charge in [-0.3, -0.25) is 5.10 Å². The highest BCUT2D eigenvalue weighted by molar-refractivity contribution is 5.13. The number of nitrogens with zero attached hydrogens (tertiary/aromatic N) is 1. The van der Waals surface area contributed by atoms with Gasteiger partial charge in [0.05, 0.1) is 0 Å². The summed E-state index contributed by atoms with van der Waals surface area (Å²) in [6.07, 6.45) is 3.84. The summed E-state index contributed by atoms with van der Waals surface area (Å²) < 4.78 is 13.0. The van der Waals surface area contributed by atoms with Gasteiger partial charge in [-0.05, 0) is 19.4 Å². The molecule has 0 spiro atoms. The minimum Gasteiger partial charge on any atom is -0.316 e. The number of piperidine rings is 1. The summed E-state index contributed by atoms with van der Waals surface area (Å²) in [5, 5.41) is 9.26. The van der Waals surface area contributed by atoms with Crippen molar-refractivity contribution < 1.29 is 4.39 Å². The molecule has 1 atom stereocenters. The summed E-state index contributed by atoms with van der Waals surface area (Å²) in [5.74, 6) is -0.0406. The van der Waals surface area contributed by atoms with Crippen LogP contribution in [0.4, 0.5) is 4.39 Å². The van der Waals surface area contributed by atoms with E-state index in [-0.39, 0.29) is 5.95 Å². The Morgan fingerprint density at radius 3 is 3.08 bits per heavy atom. The summed E-state index contributed by atoms with van der Waals surface area (Å²) in [7, 11) is 0. The van der Waals surface area contributed by atoms with E-state index >= 15 is 0 Å². The number of halogens is 1. The topological polar surface area (TPSA) is 40.7 Å². The quantitative estimate of drug-likeness (QED) is 0.658. The van der Waals surface area contributed by atoms with Crippen molar-refractivity contribution in [2.75, 3.05) is 13.1 Å². The molecule has 0 radical (unpaired) electrons. The lowest BCUT2D eigenvalue weighted by atomic mass is 9.94. The molecule has 1 saturated heterocycles. The fourth-order valence-corrected chi connectivity index (χ4v) is 1.69. The molecule has 0 bridgehead atoms. The predicted molar refractivity (Wildman–Crippen MR) is 43.4 cm³/mol. The van der Waals surface area contributed by atoms with Gasteiger partial charge in [-0.15, -0.1) is 5.10 Å². The number of hydrogen-bond acceptors (Lipinski definition) is 2. The monoisotopic (exact) mass is 169 g/mol. The lowest BCUT2D eigenvalue weighted by Crippen LogP contribution is -2.28. The van der Waals surface area contributed by atoms with E-state index in [1.54, 1.807) is 6.20 Å². The number of aromatic nitrogens is 2. The van der Waals surface area contributed by atoms with Gasteiger partial charge in [0, 0.05) is 24.2 Å². The minimum absolute atomic E-state index is 0.303. The van der Waals surface area contributed by atoms with Gasteiger partial charge in [0.1, 0.15) is 0 Å². The Bertz CT molecular complexity index is 253. The molecule has 2 N–H and O–H groups in total. The number of aromatic amines is 1. The molecule has 1 aliphatic heterocycles. The number of H-pyrrole nitrogens is 1. The maximum atomic E-state index is 13.0. The van der Waals surface area contributed by atoms with Crippen LogP contribution >= 0.6 is 0 Å². The van der Waals surface area contributed by atoms with Gasteiger partial charge < -0.3 is 5.32 Å². The van der Waals surface area contributed by atoms with Crippen LogP contribution in [0.25, 0.3) is 0 Å². The van der Waals surface area contributed by atoms with Crippen molar-refractivity contribution in [2.45, 2.75) is 18.8 Å². The van der Waals surface area contributed by atoms with Crippen LogP contribution in [0.5, 0.6) is 0 Å². The maximum Gasteiger partial charge on any atom is 0.235 e. The van der Waals surface area contributed by atoms with Crippen LogP contribution < -0.4 is 5.32 Å². The van der Waals surface area contributed by atoms with E-state index < -0.39 is 0 Å². The first kappa shape index (κ1) is 7.73. The number of hydrogen-bond donors (Lipinski definition) is 2. The van der Waals surface area contributed by atoms with Crippen molar-refractivity contribution >= 4 is 0 Å². The van der Waals surface area contributed by atoms with Crippen LogP contribution in [-0.4, -0.2) is 23.3 Å². The van der Waals surface area contributed by atoms with E-state index in [2.05, 4.69) is 15.5 Å². The highest BCUT2D eigenvalue weighted by Crippen LogP contribution is 2.23. The smallest absolute Gasteiger partial charge is 0.235 e. The average molecular weight is 169 g/mol. The van der Waals surface area contributed by atoms with Gasteiger partial charge in [-0.25, -0.2) is 0 Å². The zero-order valence-electron chi connectivity index (χ0n) is 6.81. The Morgan fingerprint density at radius 2 is 2.50 bits per heavy atom. The van der Waals surface area contributed by atoms with Crippen LogP contribution in [-0.2, 0) is 0 Å². The Kier molecular flexibility index (Phi) is 2.08. The van der Waals surface area contributed by atoms with Gasteiger partial charge in [-0.1, -0.05) is 0 Å². The van der Waals surface area contributed by atoms with E-state index in [0.29, 0.717) is 5.92 Å². The second kappa shape index (κ2) is 3.23. The van der Waals surface area contributed by atoms with E-state index in [0.717, 1.165) is 31.5 Å². The van der Waals surface area contributed by atoms with Crippen LogP contribution in [0.1, 0.15) is 24.3 Å². The molecule has 2 heterocycles. The molecule has 1 fully saturated rings. The van der Waals surface area contributed by atoms with Gasteiger partial charge >= 0.3 is 0 Å². The summed E-state index contributed by atoms with van der Waals surface area (Å²) in [6.45, 7) is 1.92. The van der Waals surface area contributed by atoms with E-state index in [1.807, 2.05) is 0 Å². The van der Waals surface area contributed by atoms with Crippen molar-refractivity contribution in [1.29, 1.82) is 0 Å². The molecule has 2 rings (SSSR count). The molecule has 66 valence electrons. The second-order valence-electron chi connectivity index (χ2n) is 3.17. The molecule has 0 saturated carbocycles. The molecular weight excluding hydrogens is 157 g/mol. The first-order chi connectivity index (χ1) is 5.88. The van der Waals surface area contributed by atoms with Crippen LogP contribution in [0.15, 0.2) is 6.20 Å². The molecule has 12 heavy (non-hydrogen) atoms. The lowest BCUT2D eigenvalue weighted by molar-refractivity contribution is 0.443. The molecule has 1 aromatic heterocycles. The van der Waals surface area contributed by atoms with Crippen LogP contribution in [0, 0.1) is 5.95 Å². The molecule has 0 aliphatic carbocycles. The van der Waals surface area contributed by atoms with Crippen molar-refractivity contribution in [3.63, 3.8) is 0 Å². The summed E-state index contributed by atoms with van der Waals surface area (Å²) in [4.78, 5) is 0. The standard InChI is InChI=1S/C8H12FN3/c9-8-7(5-11-12-8)6-2-1-3-10-4-6/h5-6,10H,1-4H2,(H,11,12). The summed E-state index contributed by atoms with van der Waals surface area (Å²) >= 11 is 0. The third-order valence-corrected chi connectivity index (χ3v) is 2.36. The van der Waals surface area contributed by atoms with E-state index in [4.69, 9.17) is 0 Å². The highest BCUT2D eigenvalue weighted by Gasteiger charge is 2.19. The Labute approximate surface area is 70.4 Å². The zero-order valence-corrected chi connectivity index (χ0v) is 6.81. The zero-order chi connectivity index (χ0) is 8.39. The lowest BCUT2D eigenvalue weighted by Gasteiger charge is -2.21. The van der Waals surface area contributed by atoms with Gasteiger partial charge in [0.25, 0.3) is 0 Å². The fourth-order valence-electron chi connectivity index (χ4n) is 1.69. The first-order valence-corrected chi connectivity index (χ1v) is 4.28. The van der Waals surface area contributed by atoms with E-state index in [9.17, 15) is 4.39 Å². The summed E-state index contributed by atoms with van der Waals surface area (Å²) in [6, 6.07) is 0. The largest absolute Gasteiger partial charge is 0.316 e. The fraction of sp³-hybridized carbons (Fsp3) is 0.625. The number of nitrogens with one attached hydrogen (secondary N) is 2. The van der Waals surface area contributed by atoms with Crippen molar-refractivity contribution in [3.05, 3.63) is 17.7 Å². The Hall–Kier alpha value is -0.900. The number of rotatable bonds is 1. The van der Waals surface area contributed by atoms with E-state index in [1.165, 1.54) is 0 Å². The third-order valence-electron chi connectivity index (χ3n) is 2.36. The minimum atomic E-state index is -0.344. The average Bonchev–Trinajstić information content (AvgIpc) is 2.53. The van der Waals surface area contributed by atoms with Gasteiger partial charge in [0.15, 0.2) is 0 Å². The molecule has 1 aromatic rings. The Morgan fingerprint density at radius 1 is 1.58 bits per heavy atom. The van der Waals surface area contributed by atoms with Crippen molar-refractivity contribution in [2.24, 2.45) is 0 Å². The molecule has 1 aliphatic rings. The molecular formula is C8H12FN3. The second-order valence-corrected chi connectivity index (χ2v) is 3.17. The van der Waals surface area contributed by atoms with Crippen molar-refractivity contribution in [1.82, 2.24) is 15.5 Å². The molecule has 1 unspecified atom stereocenters. The SMILES string of the molecule is Fc1n[nH]cc1C1CCCNC1. The third kappa shape index (κ3) is 1.34. The van der Waals surface area contributed by atoms with Crippen molar-refractivity contribution in [3.8, 4) is 0 Å². The van der Waals surface area contributed by atoms with Gasteiger partial charge in [-0.2, -0.15) is 4.39 Å². The normalized spacial score (nSPS) is 24.2.